The number of fused-ring (bicyclic) bond motifs is 2. The molecule has 2 bridgehead atoms. The zero-order valence-corrected chi connectivity index (χ0v) is 12.3. The van der Waals surface area contributed by atoms with E-state index in [-0.39, 0.29) is 11.9 Å². The molecule has 4 heterocycles. The molecule has 0 radical (unpaired) electrons. The van der Waals surface area contributed by atoms with Crippen molar-refractivity contribution in [2.24, 2.45) is 0 Å². The van der Waals surface area contributed by atoms with Crippen LogP contribution in [0.4, 0.5) is 0 Å². The van der Waals surface area contributed by atoms with Crippen molar-refractivity contribution in [3.05, 3.63) is 35.7 Å². The van der Waals surface area contributed by atoms with Crippen molar-refractivity contribution in [1.82, 2.24) is 20.6 Å². The SMILES string of the molecule is O=C(NC1CC2CCC1N2)c1ncc(-c2ccncc2)s1. The lowest BCUT2D eigenvalue weighted by molar-refractivity contribution is 0.0930. The van der Waals surface area contributed by atoms with E-state index < -0.39 is 0 Å². The summed E-state index contributed by atoms with van der Waals surface area (Å²) in [6.07, 6.45) is 8.69. The first kappa shape index (κ1) is 12.9. The van der Waals surface area contributed by atoms with Gasteiger partial charge in [-0.1, -0.05) is 0 Å². The molecule has 0 spiro atoms. The van der Waals surface area contributed by atoms with Gasteiger partial charge in [0.15, 0.2) is 5.01 Å². The van der Waals surface area contributed by atoms with E-state index >= 15 is 0 Å². The number of hydrogen-bond acceptors (Lipinski definition) is 5. The van der Waals surface area contributed by atoms with Gasteiger partial charge in [0.25, 0.3) is 5.91 Å². The molecule has 0 aliphatic carbocycles. The fourth-order valence-electron chi connectivity index (χ4n) is 3.24. The zero-order valence-electron chi connectivity index (χ0n) is 11.5. The Labute approximate surface area is 126 Å². The average molecular weight is 300 g/mol. The van der Waals surface area contributed by atoms with Crippen molar-refractivity contribution in [2.45, 2.75) is 37.4 Å². The summed E-state index contributed by atoms with van der Waals surface area (Å²) in [5, 5.41) is 7.18. The third-order valence-electron chi connectivity index (χ3n) is 4.28. The Morgan fingerprint density at radius 3 is 2.90 bits per heavy atom. The van der Waals surface area contributed by atoms with Gasteiger partial charge in [-0.3, -0.25) is 9.78 Å². The van der Waals surface area contributed by atoms with E-state index in [0.717, 1.165) is 23.3 Å². The van der Waals surface area contributed by atoms with E-state index in [2.05, 4.69) is 20.6 Å². The molecule has 108 valence electrons. The predicted octanol–water partition coefficient (Wildman–Crippen LogP) is 1.83. The van der Waals surface area contributed by atoms with Crippen LogP contribution >= 0.6 is 11.3 Å². The summed E-state index contributed by atoms with van der Waals surface area (Å²) in [4.78, 5) is 21.6. The lowest BCUT2D eigenvalue weighted by Crippen LogP contribution is -2.42. The van der Waals surface area contributed by atoms with Gasteiger partial charge in [0.2, 0.25) is 0 Å². The molecule has 3 unspecified atom stereocenters. The number of rotatable bonds is 3. The number of aromatic nitrogens is 2. The maximum atomic E-state index is 12.3. The summed E-state index contributed by atoms with van der Waals surface area (Å²) in [5.74, 6) is -0.0559. The molecule has 2 saturated heterocycles. The maximum Gasteiger partial charge on any atom is 0.280 e. The molecule has 0 saturated carbocycles. The van der Waals surface area contributed by atoms with Crippen LogP contribution < -0.4 is 10.6 Å². The van der Waals surface area contributed by atoms with E-state index in [0.29, 0.717) is 17.1 Å². The van der Waals surface area contributed by atoms with E-state index in [9.17, 15) is 4.79 Å². The van der Waals surface area contributed by atoms with Crippen molar-refractivity contribution in [2.75, 3.05) is 0 Å². The van der Waals surface area contributed by atoms with Gasteiger partial charge in [-0.05, 0) is 37.0 Å². The van der Waals surface area contributed by atoms with Crippen LogP contribution in [0.25, 0.3) is 10.4 Å². The molecule has 2 aliphatic rings. The maximum absolute atomic E-state index is 12.3. The number of nitrogens with one attached hydrogen (secondary N) is 2. The van der Waals surface area contributed by atoms with Gasteiger partial charge in [0, 0.05) is 36.7 Å². The third-order valence-corrected chi connectivity index (χ3v) is 5.33. The van der Waals surface area contributed by atoms with Gasteiger partial charge < -0.3 is 10.6 Å². The topological polar surface area (TPSA) is 66.9 Å². The molecule has 4 rings (SSSR count). The molecular weight excluding hydrogens is 284 g/mol. The molecule has 5 nitrogen and oxygen atoms in total. The van der Waals surface area contributed by atoms with E-state index in [1.54, 1.807) is 18.6 Å². The summed E-state index contributed by atoms with van der Waals surface area (Å²) in [5.41, 5.74) is 1.04. The highest BCUT2D eigenvalue weighted by Crippen LogP contribution is 2.29. The molecule has 3 atom stereocenters. The summed E-state index contributed by atoms with van der Waals surface area (Å²) in [6.45, 7) is 0. The Morgan fingerprint density at radius 1 is 1.33 bits per heavy atom. The summed E-state index contributed by atoms with van der Waals surface area (Å²) >= 11 is 1.43. The minimum Gasteiger partial charge on any atom is -0.346 e. The predicted molar refractivity (Wildman–Crippen MR) is 81.2 cm³/mol. The quantitative estimate of drug-likeness (QED) is 0.907. The largest absolute Gasteiger partial charge is 0.346 e. The molecule has 1 amide bonds. The molecule has 2 N–H and O–H groups in total. The van der Waals surface area contributed by atoms with Crippen molar-refractivity contribution >= 4 is 17.2 Å². The summed E-state index contributed by atoms with van der Waals surface area (Å²) < 4.78 is 0. The van der Waals surface area contributed by atoms with Gasteiger partial charge in [-0.2, -0.15) is 0 Å². The molecule has 2 aromatic rings. The standard InChI is InChI=1S/C15H16N4OS/c20-14(19-12-7-10-1-2-11(12)18-10)15-17-8-13(21-15)9-3-5-16-6-4-9/h3-6,8,10-12,18H,1-2,7H2,(H,19,20). The number of carbonyl (C=O) groups is 1. The fraction of sp³-hybridized carbons (Fsp3) is 0.400. The third kappa shape index (κ3) is 2.45. The molecule has 6 heteroatoms. The van der Waals surface area contributed by atoms with Gasteiger partial charge in [0.1, 0.15) is 0 Å². The van der Waals surface area contributed by atoms with Crippen LogP contribution in [-0.2, 0) is 0 Å². The molecule has 0 aromatic carbocycles. The van der Waals surface area contributed by atoms with Gasteiger partial charge in [-0.25, -0.2) is 4.98 Å². The molecule has 2 aliphatic heterocycles. The van der Waals surface area contributed by atoms with Gasteiger partial charge in [-0.15, -0.1) is 11.3 Å². The number of carbonyl (C=O) groups excluding carboxylic acids is 1. The second kappa shape index (κ2) is 5.20. The Kier molecular flexibility index (Phi) is 3.20. The highest BCUT2D eigenvalue weighted by Gasteiger charge is 2.39. The number of nitrogens with zero attached hydrogens (tertiary/aromatic N) is 2. The highest BCUT2D eigenvalue weighted by molar-refractivity contribution is 7.16. The van der Waals surface area contributed by atoms with Crippen LogP contribution in [0, 0.1) is 0 Å². The number of pyridine rings is 1. The van der Waals surface area contributed by atoms with E-state index in [4.69, 9.17) is 0 Å². The molecular formula is C15H16N4OS. The number of amides is 1. The first-order valence-corrected chi connectivity index (χ1v) is 8.04. The van der Waals surface area contributed by atoms with Crippen LogP contribution in [0.5, 0.6) is 0 Å². The summed E-state index contributed by atoms with van der Waals surface area (Å²) in [6, 6.07) is 5.14. The van der Waals surface area contributed by atoms with Crippen LogP contribution in [0.15, 0.2) is 30.7 Å². The van der Waals surface area contributed by atoms with Gasteiger partial charge in [0.05, 0.1) is 4.88 Å². The highest BCUT2D eigenvalue weighted by atomic mass is 32.1. The minimum absolute atomic E-state index is 0.0559. The minimum atomic E-state index is -0.0559. The van der Waals surface area contributed by atoms with Crippen LogP contribution in [0.2, 0.25) is 0 Å². The Morgan fingerprint density at radius 2 is 2.19 bits per heavy atom. The van der Waals surface area contributed by atoms with Crippen LogP contribution in [-0.4, -0.2) is 34.0 Å². The molecule has 2 fully saturated rings. The monoisotopic (exact) mass is 300 g/mol. The van der Waals surface area contributed by atoms with Gasteiger partial charge >= 0.3 is 0 Å². The zero-order chi connectivity index (χ0) is 14.2. The molecule has 2 aromatic heterocycles. The average Bonchev–Trinajstić information content (AvgIpc) is 3.24. The normalized spacial score (nSPS) is 27.0. The van der Waals surface area contributed by atoms with E-state index in [1.165, 1.54) is 17.8 Å². The lowest BCUT2D eigenvalue weighted by Gasteiger charge is -2.20. The summed E-state index contributed by atoms with van der Waals surface area (Å²) in [7, 11) is 0. The molecule has 21 heavy (non-hydrogen) atoms. The fourth-order valence-corrected chi connectivity index (χ4v) is 4.07. The van der Waals surface area contributed by atoms with Crippen LogP contribution in [0.1, 0.15) is 29.1 Å². The van der Waals surface area contributed by atoms with Crippen molar-refractivity contribution in [3.63, 3.8) is 0 Å². The lowest BCUT2D eigenvalue weighted by atomic mass is 9.95. The second-order valence-electron chi connectivity index (χ2n) is 5.63. The van der Waals surface area contributed by atoms with Crippen LogP contribution in [0.3, 0.4) is 0 Å². The number of thiazole rings is 1. The van der Waals surface area contributed by atoms with Crippen molar-refractivity contribution < 1.29 is 4.79 Å². The first-order valence-electron chi connectivity index (χ1n) is 7.23. The van der Waals surface area contributed by atoms with Crippen molar-refractivity contribution in [3.8, 4) is 10.4 Å². The van der Waals surface area contributed by atoms with E-state index in [1.807, 2.05) is 12.1 Å². The Bertz CT molecular complexity index is 657. The Hall–Kier alpha value is -1.79. The smallest absolute Gasteiger partial charge is 0.280 e. The Balaban J connectivity index is 1.47. The number of hydrogen-bond donors (Lipinski definition) is 2. The van der Waals surface area contributed by atoms with Crippen molar-refractivity contribution in [1.29, 1.82) is 0 Å². The second-order valence-corrected chi connectivity index (χ2v) is 6.66. The first-order chi connectivity index (χ1) is 10.3.